The summed E-state index contributed by atoms with van der Waals surface area (Å²) in [5.74, 6) is -0.992. The molecule has 4 N–H and O–H groups in total. The highest BCUT2D eigenvalue weighted by Gasteiger charge is 2.16. The molecule has 0 radical (unpaired) electrons. The van der Waals surface area contributed by atoms with Gasteiger partial charge in [-0.15, -0.1) is 10.2 Å². The number of halogens is 1. The van der Waals surface area contributed by atoms with Crippen molar-refractivity contribution in [1.29, 1.82) is 0 Å². The number of carbonyl (C=O) groups is 2. The Balaban J connectivity index is 1.53. The first-order valence-electron chi connectivity index (χ1n) is 9.11. The molecule has 0 aliphatic rings. The molecular weight excluding hydrogens is 459 g/mol. The summed E-state index contributed by atoms with van der Waals surface area (Å²) in [7, 11) is -2.16. The number of sulfonamides is 1. The molecule has 3 aromatic rings. The van der Waals surface area contributed by atoms with Gasteiger partial charge in [-0.1, -0.05) is 23.9 Å². The van der Waals surface area contributed by atoms with Crippen LogP contribution in [0.4, 0.5) is 15.8 Å². The van der Waals surface area contributed by atoms with Gasteiger partial charge < -0.3 is 15.2 Å². The molecule has 0 saturated heterocycles. The van der Waals surface area contributed by atoms with Crippen LogP contribution in [0.25, 0.3) is 0 Å². The average molecular weight is 479 g/mol. The van der Waals surface area contributed by atoms with Gasteiger partial charge in [0.1, 0.15) is 11.6 Å². The van der Waals surface area contributed by atoms with E-state index in [1.165, 1.54) is 42.5 Å². The summed E-state index contributed by atoms with van der Waals surface area (Å²) in [5, 5.41) is 18.5. The van der Waals surface area contributed by atoms with Crippen LogP contribution in [-0.4, -0.2) is 40.7 Å². The topological polar surface area (TPSA) is 149 Å². The van der Waals surface area contributed by atoms with Crippen molar-refractivity contribution in [3.8, 4) is 0 Å². The number of hydrogen-bond acceptors (Lipinski definition) is 7. The molecular formula is C19H19FN6O4S2. The van der Waals surface area contributed by atoms with Crippen molar-refractivity contribution in [2.45, 2.75) is 16.5 Å². The molecule has 2 amide bonds. The van der Waals surface area contributed by atoms with E-state index in [1.807, 2.05) is 0 Å². The molecule has 0 fully saturated rings. The number of aromatic nitrogens is 3. The minimum absolute atomic E-state index is 0.00430. The standard InChI is InChI=1S/C19H19FN6O4S2/c1-26-16(10-17(27)23-15-5-3-2-4-14(15)20)24-25-19(26)31-11-18(28)22-12-6-8-13(9-7-12)32(21,29)30/h2-9H,10-11H2,1H3,(H,22,28)(H,23,27)(H2,21,29,30). The van der Waals surface area contributed by atoms with Gasteiger partial charge in [-0.05, 0) is 36.4 Å². The van der Waals surface area contributed by atoms with E-state index in [9.17, 15) is 22.4 Å². The van der Waals surface area contributed by atoms with E-state index in [2.05, 4.69) is 20.8 Å². The highest BCUT2D eigenvalue weighted by molar-refractivity contribution is 7.99. The summed E-state index contributed by atoms with van der Waals surface area (Å²) >= 11 is 1.11. The molecule has 32 heavy (non-hydrogen) atoms. The van der Waals surface area contributed by atoms with Gasteiger partial charge in [0.15, 0.2) is 5.16 Å². The number of carbonyl (C=O) groups excluding carboxylic acids is 2. The van der Waals surface area contributed by atoms with Crippen molar-refractivity contribution in [1.82, 2.24) is 14.8 Å². The maximum atomic E-state index is 13.7. The molecule has 3 rings (SSSR count). The zero-order valence-corrected chi connectivity index (χ0v) is 18.4. The van der Waals surface area contributed by atoms with E-state index in [0.29, 0.717) is 16.7 Å². The Labute approximate surface area is 187 Å². The number of nitrogens with two attached hydrogens (primary N) is 1. The molecule has 0 unspecified atom stereocenters. The van der Waals surface area contributed by atoms with E-state index >= 15 is 0 Å². The SMILES string of the molecule is Cn1c(CC(=O)Nc2ccccc2F)nnc1SCC(=O)Nc1ccc(S(N)(=O)=O)cc1. The number of amides is 2. The molecule has 0 saturated carbocycles. The van der Waals surface area contributed by atoms with E-state index in [-0.39, 0.29) is 28.7 Å². The maximum Gasteiger partial charge on any atom is 0.238 e. The summed E-state index contributed by atoms with van der Waals surface area (Å²) < 4.78 is 37.8. The van der Waals surface area contributed by atoms with E-state index in [0.717, 1.165) is 11.8 Å². The van der Waals surface area contributed by atoms with Crippen LogP contribution >= 0.6 is 11.8 Å². The molecule has 10 nitrogen and oxygen atoms in total. The fourth-order valence-corrected chi connectivity index (χ4v) is 3.83. The predicted molar refractivity (Wildman–Crippen MR) is 117 cm³/mol. The van der Waals surface area contributed by atoms with Crippen molar-refractivity contribution in [2.24, 2.45) is 12.2 Å². The van der Waals surface area contributed by atoms with Crippen LogP contribution < -0.4 is 15.8 Å². The highest BCUT2D eigenvalue weighted by atomic mass is 32.2. The lowest BCUT2D eigenvalue weighted by Crippen LogP contribution is -2.18. The number of nitrogens with zero attached hydrogens (tertiary/aromatic N) is 3. The van der Waals surface area contributed by atoms with Crippen LogP contribution in [0.2, 0.25) is 0 Å². The number of hydrogen-bond donors (Lipinski definition) is 3. The lowest BCUT2D eigenvalue weighted by Gasteiger charge is -2.07. The molecule has 0 bridgehead atoms. The summed E-state index contributed by atoms with van der Waals surface area (Å²) in [6.07, 6.45) is -0.124. The fourth-order valence-electron chi connectivity index (χ4n) is 2.58. The van der Waals surface area contributed by atoms with Crippen LogP contribution in [0.3, 0.4) is 0 Å². The van der Waals surface area contributed by atoms with Gasteiger partial charge in [0.2, 0.25) is 21.8 Å². The fraction of sp³-hybridized carbons (Fsp3) is 0.158. The summed E-state index contributed by atoms with van der Waals surface area (Å²) in [4.78, 5) is 24.3. The van der Waals surface area contributed by atoms with E-state index < -0.39 is 21.7 Å². The second-order valence-electron chi connectivity index (χ2n) is 6.57. The summed E-state index contributed by atoms with van der Waals surface area (Å²) in [5.41, 5.74) is 0.481. The van der Waals surface area contributed by atoms with Crippen LogP contribution in [-0.2, 0) is 33.1 Å². The van der Waals surface area contributed by atoms with Crippen molar-refractivity contribution >= 4 is 45.0 Å². The highest BCUT2D eigenvalue weighted by Crippen LogP contribution is 2.18. The average Bonchev–Trinajstić information content (AvgIpc) is 3.07. The van der Waals surface area contributed by atoms with E-state index in [4.69, 9.17) is 5.14 Å². The molecule has 13 heteroatoms. The number of nitrogens with one attached hydrogen (secondary N) is 2. The van der Waals surface area contributed by atoms with Gasteiger partial charge in [0.05, 0.1) is 22.8 Å². The van der Waals surface area contributed by atoms with Crippen molar-refractivity contribution in [3.05, 3.63) is 60.2 Å². The van der Waals surface area contributed by atoms with Crippen LogP contribution in [0, 0.1) is 5.82 Å². The quantitative estimate of drug-likeness (QED) is 0.416. The van der Waals surface area contributed by atoms with Crippen molar-refractivity contribution in [3.63, 3.8) is 0 Å². The lowest BCUT2D eigenvalue weighted by atomic mass is 10.3. The number of benzene rings is 2. The van der Waals surface area contributed by atoms with Crippen LogP contribution in [0.1, 0.15) is 5.82 Å². The third-order valence-corrected chi connectivity index (χ3v) is 6.14. The number of primary sulfonamides is 1. The minimum Gasteiger partial charge on any atom is -0.325 e. The molecule has 0 spiro atoms. The lowest BCUT2D eigenvalue weighted by molar-refractivity contribution is -0.116. The first kappa shape index (κ1) is 23.4. The second-order valence-corrected chi connectivity index (χ2v) is 9.07. The molecule has 1 aromatic heterocycles. The molecule has 0 aliphatic heterocycles. The monoisotopic (exact) mass is 478 g/mol. The molecule has 0 aliphatic carbocycles. The zero-order valence-electron chi connectivity index (χ0n) is 16.8. The van der Waals surface area contributed by atoms with Crippen LogP contribution in [0.5, 0.6) is 0 Å². The summed E-state index contributed by atoms with van der Waals surface area (Å²) in [6, 6.07) is 11.3. The van der Waals surface area contributed by atoms with Gasteiger partial charge in [-0.3, -0.25) is 9.59 Å². The van der Waals surface area contributed by atoms with Gasteiger partial charge in [0, 0.05) is 12.7 Å². The van der Waals surface area contributed by atoms with Gasteiger partial charge >= 0.3 is 0 Å². The first-order valence-corrected chi connectivity index (χ1v) is 11.6. The Bertz CT molecular complexity index is 1240. The Morgan fingerprint density at radius 2 is 1.75 bits per heavy atom. The van der Waals surface area contributed by atoms with Crippen molar-refractivity contribution < 1.29 is 22.4 Å². The zero-order chi connectivity index (χ0) is 23.3. The van der Waals surface area contributed by atoms with Gasteiger partial charge in [-0.25, -0.2) is 17.9 Å². The number of rotatable bonds is 8. The third-order valence-electron chi connectivity index (χ3n) is 4.19. The Kier molecular flexibility index (Phi) is 7.22. The Morgan fingerprint density at radius 1 is 1.06 bits per heavy atom. The van der Waals surface area contributed by atoms with E-state index in [1.54, 1.807) is 17.7 Å². The van der Waals surface area contributed by atoms with Crippen LogP contribution in [0.15, 0.2) is 58.6 Å². The Morgan fingerprint density at radius 3 is 2.41 bits per heavy atom. The first-order chi connectivity index (χ1) is 15.1. The van der Waals surface area contributed by atoms with Gasteiger partial charge in [-0.2, -0.15) is 0 Å². The van der Waals surface area contributed by atoms with Crippen molar-refractivity contribution in [2.75, 3.05) is 16.4 Å². The largest absolute Gasteiger partial charge is 0.325 e. The number of para-hydroxylation sites is 1. The predicted octanol–water partition coefficient (Wildman–Crippen LogP) is 1.51. The molecule has 168 valence electrons. The number of thioether (sulfide) groups is 1. The second kappa shape index (κ2) is 9.89. The molecule has 1 heterocycles. The number of anilines is 2. The van der Waals surface area contributed by atoms with Gasteiger partial charge in [0.25, 0.3) is 0 Å². The normalized spacial score (nSPS) is 11.2. The Hall–Kier alpha value is -3.29. The third kappa shape index (κ3) is 6.12. The summed E-state index contributed by atoms with van der Waals surface area (Å²) in [6.45, 7) is 0. The minimum atomic E-state index is -3.81. The smallest absolute Gasteiger partial charge is 0.238 e. The molecule has 0 atom stereocenters. The molecule has 2 aromatic carbocycles. The maximum absolute atomic E-state index is 13.7.